The smallest absolute Gasteiger partial charge is 0.162 e. The van der Waals surface area contributed by atoms with Crippen LogP contribution < -0.4 is 10.7 Å². The first kappa shape index (κ1) is 24.8. The summed E-state index contributed by atoms with van der Waals surface area (Å²) in [5.41, 5.74) is 10.8. The van der Waals surface area contributed by atoms with Gasteiger partial charge in [0.15, 0.2) is 17.3 Å². The number of fused-ring (bicyclic) bond motifs is 7. The van der Waals surface area contributed by atoms with Crippen molar-refractivity contribution in [2.24, 2.45) is 4.99 Å². The second-order valence-electron chi connectivity index (χ2n) is 10.3. The standard InChI is InChI=1S/C35H26N8/c36-33(23-11-3-1-4-12-23)40-34(24-13-5-2-6-14-24)41-43-28-17-8-7-16-26(28)30-32-27(22-39-35(30)43)31-29(18-10-20-38-31)42(32)25-15-9-19-37-21-25/h1-18,20-22,37H,19H2,(H2,36,40,41). The zero-order valence-corrected chi connectivity index (χ0v) is 23.1. The first-order valence-corrected chi connectivity index (χ1v) is 14.1. The van der Waals surface area contributed by atoms with Gasteiger partial charge in [0.1, 0.15) is 0 Å². The highest BCUT2D eigenvalue weighted by atomic mass is 15.4. The topological polar surface area (TPSA) is 95.9 Å². The zero-order valence-electron chi connectivity index (χ0n) is 23.1. The Bertz CT molecular complexity index is 2270. The van der Waals surface area contributed by atoms with E-state index in [2.05, 4.69) is 51.7 Å². The summed E-state index contributed by atoms with van der Waals surface area (Å²) in [6.07, 6.45) is 10.0. The molecule has 8 heteroatoms. The maximum atomic E-state index is 8.79. The van der Waals surface area contributed by atoms with E-state index in [1.165, 1.54) is 0 Å². The molecule has 0 unspecified atom stereocenters. The van der Waals surface area contributed by atoms with Crippen molar-refractivity contribution < 1.29 is 0 Å². The minimum Gasteiger partial charge on any atom is -0.386 e. The molecule has 3 N–H and O–H groups in total. The lowest BCUT2D eigenvalue weighted by Crippen LogP contribution is -2.25. The highest BCUT2D eigenvalue weighted by molar-refractivity contribution is 6.25. The average Bonchev–Trinajstić information content (AvgIpc) is 3.58. The predicted molar refractivity (Wildman–Crippen MR) is 175 cm³/mol. The summed E-state index contributed by atoms with van der Waals surface area (Å²) >= 11 is 0. The van der Waals surface area contributed by atoms with Crippen LogP contribution in [0.1, 0.15) is 11.1 Å². The molecule has 0 saturated carbocycles. The Labute approximate surface area is 246 Å². The largest absolute Gasteiger partial charge is 0.386 e. The van der Waals surface area contributed by atoms with Crippen LogP contribution in [0, 0.1) is 5.41 Å². The molecule has 0 bridgehead atoms. The van der Waals surface area contributed by atoms with Crippen molar-refractivity contribution in [2.45, 2.75) is 0 Å². The van der Waals surface area contributed by atoms with E-state index in [9.17, 15) is 0 Å². The van der Waals surface area contributed by atoms with E-state index < -0.39 is 0 Å². The molecule has 43 heavy (non-hydrogen) atoms. The molecule has 8 rings (SSSR count). The van der Waals surface area contributed by atoms with Gasteiger partial charge in [-0.2, -0.15) is 0 Å². The SMILES string of the molecule is N=C(N=C(Nn1c2ccccc2c2c1ncc1c3ncccc3n(C3=CNCC=C3)c12)c1ccccc1)c1ccccc1. The molecule has 1 aliphatic rings. The predicted octanol–water partition coefficient (Wildman–Crippen LogP) is 6.67. The molecule has 0 amide bonds. The van der Waals surface area contributed by atoms with Crippen LogP contribution >= 0.6 is 0 Å². The Morgan fingerprint density at radius 2 is 1.56 bits per heavy atom. The van der Waals surface area contributed by atoms with Gasteiger partial charge in [0.05, 0.1) is 33.2 Å². The Balaban J connectivity index is 1.41. The molecule has 1 aliphatic heterocycles. The number of nitrogens with one attached hydrogen (secondary N) is 3. The van der Waals surface area contributed by atoms with Crippen molar-refractivity contribution >= 4 is 61.2 Å². The highest BCUT2D eigenvalue weighted by Gasteiger charge is 2.23. The summed E-state index contributed by atoms with van der Waals surface area (Å²) in [7, 11) is 0. The van der Waals surface area contributed by atoms with E-state index in [1.807, 2.05) is 96.1 Å². The number of hydrogen-bond acceptors (Lipinski definition) is 4. The molecule has 0 atom stereocenters. The second kappa shape index (κ2) is 10.1. The maximum absolute atomic E-state index is 8.79. The molecule has 4 aromatic heterocycles. The third-order valence-corrected chi connectivity index (χ3v) is 7.73. The second-order valence-corrected chi connectivity index (χ2v) is 10.3. The van der Waals surface area contributed by atoms with Crippen LogP contribution in [0.3, 0.4) is 0 Å². The number of hydrogen-bond donors (Lipinski definition) is 3. The number of rotatable bonds is 4. The summed E-state index contributed by atoms with van der Waals surface area (Å²) in [6.45, 7) is 0.790. The fourth-order valence-corrected chi connectivity index (χ4v) is 5.82. The third kappa shape index (κ3) is 4.07. The summed E-state index contributed by atoms with van der Waals surface area (Å²) in [4.78, 5) is 14.6. The van der Waals surface area contributed by atoms with Crippen LogP contribution in [0.25, 0.3) is 49.6 Å². The fourth-order valence-electron chi connectivity index (χ4n) is 5.82. The number of allylic oxidation sites excluding steroid dienone is 2. The van der Waals surface area contributed by atoms with E-state index in [0.29, 0.717) is 5.84 Å². The molecule has 3 aromatic carbocycles. The number of benzene rings is 3. The number of aliphatic imine (C=N–C) groups is 1. The van der Waals surface area contributed by atoms with Gasteiger partial charge in [-0.3, -0.25) is 15.8 Å². The summed E-state index contributed by atoms with van der Waals surface area (Å²) < 4.78 is 4.24. The molecular formula is C35H26N8. The summed E-state index contributed by atoms with van der Waals surface area (Å²) in [5.74, 6) is 0.709. The van der Waals surface area contributed by atoms with Crippen LogP contribution in [0.5, 0.6) is 0 Å². The van der Waals surface area contributed by atoms with Crippen molar-refractivity contribution in [3.05, 3.63) is 139 Å². The molecule has 0 aliphatic carbocycles. The average molecular weight is 559 g/mol. The summed E-state index contributed by atoms with van der Waals surface area (Å²) in [5, 5.41) is 15.2. The van der Waals surface area contributed by atoms with Crippen LogP contribution in [0.15, 0.2) is 133 Å². The van der Waals surface area contributed by atoms with Crippen molar-refractivity contribution in [1.29, 1.82) is 5.41 Å². The van der Waals surface area contributed by atoms with Gasteiger partial charge in [0.2, 0.25) is 0 Å². The number of nitrogens with zero attached hydrogens (tertiary/aromatic N) is 5. The van der Waals surface area contributed by atoms with Crippen molar-refractivity contribution in [2.75, 3.05) is 12.0 Å². The molecule has 5 heterocycles. The Morgan fingerprint density at radius 3 is 2.35 bits per heavy atom. The first-order valence-electron chi connectivity index (χ1n) is 14.1. The molecule has 7 aromatic rings. The van der Waals surface area contributed by atoms with Gasteiger partial charge in [0, 0.05) is 47.0 Å². The van der Waals surface area contributed by atoms with Gasteiger partial charge >= 0.3 is 0 Å². The normalized spacial score (nSPS) is 13.5. The number of para-hydroxylation sites is 1. The molecule has 0 fully saturated rings. The van der Waals surface area contributed by atoms with Crippen molar-refractivity contribution in [1.82, 2.24) is 24.5 Å². The quantitative estimate of drug-likeness (QED) is 0.166. The Hall–Kier alpha value is -6.02. The summed E-state index contributed by atoms with van der Waals surface area (Å²) in [6, 6.07) is 31.8. The molecular weight excluding hydrogens is 532 g/mol. The van der Waals surface area contributed by atoms with E-state index in [0.717, 1.165) is 67.2 Å². The van der Waals surface area contributed by atoms with Gasteiger partial charge in [-0.25, -0.2) is 14.7 Å². The van der Waals surface area contributed by atoms with E-state index in [1.54, 1.807) is 0 Å². The van der Waals surface area contributed by atoms with Crippen LogP contribution in [-0.2, 0) is 0 Å². The number of dihydropyridines is 1. The fraction of sp³-hybridized carbons (Fsp3) is 0.0286. The molecule has 8 nitrogen and oxygen atoms in total. The molecule has 206 valence electrons. The van der Waals surface area contributed by atoms with Crippen LogP contribution in [0.2, 0.25) is 0 Å². The minimum absolute atomic E-state index is 0.165. The van der Waals surface area contributed by atoms with Gasteiger partial charge in [-0.15, -0.1) is 0 Å². The lowest BCUT2D eigenvalue weighted by Gasteiger charge is -2.14. The number of pyridine rings is 2. The van der Waals surface area contributed by atoms with E-state index in [4.69, 9.17) is 20.4 Å². The van der Waals surface area contributed by atoms with Crippen LogP contribution in [0.4, 0.5) is 0 Å². The third-order valence-electron chi connectivity index (χ3n) is 7.73. The van der Waals surface area contributed by atoms with Crippen molar-refractivity contribution in [3.8, 4) is 0 Å². The number of amidine groups is 2. The Kier molecular flexibility index (Phi) is 5.82. The molecule has 0 spiro atoms. The van der Waals surface area contributed by atoms with Gasteiger partial charge in [0.25, 0.3) is 0 Å². The first-order chi connectivity index (χ1) is 21.3. The van der Waals surface area contributed by atoms with Crippen molar-refractivity contribution in [3.63, 3.8) is 0 Å². The lowest BCUT2D eigenvalue weighted by molar-refractivity contribution is 0.960. The van der Waals surface area contributed by atoms with Gasteiger partial charge < -0.3 is 9.88 Å². The molecule has 0 radical (unpaired) electrons. The highest BCUT2D eigenvalue weighted by Crippen LogP contribution is 2.39. The van der Waals surface area contributed by atoms with Gasteiger partial charge in [-0.05, 0) is 24.3 Å². The molecule has 0 saturated heterocycles. The Morgan fingerprint density at radius 1 is 0.814 bits per heavy atom. The number of aromatic nitrogens is 4. The van der Waals surface area contributed by atoms with Gasteiger partial charge in [-0.1, -0.05) is 84.9 Å². The maximum Gasteiger partial charge on any atom is 0.162 e. The van der Waals surface area contributed by atoms with E-state index in [-0.39, 0.29) is 5.84 Å². The van der Waals surface area contributed by atoms with Crippen LogP contribution in [-0.4, -0.2) is 37.4 Å². The zero-order chi connectivity index (χ0) is 28.8. The minimum atomic E-state index is 0.165. The monoisotopic (exact) mass is 558 g/mol. The van der Waals surface area contributed by atoms with E-state index >= 15 is 0 Å². The lowest BCUT2D eigenvalue weighted by atomic mass is 10.1.